The summed E-state index contributed by atoms with van der Waals surface area (Å²) in [7, 11) is 1.65. The number of hydrogen-bond acceptors (Lipinski definition) is 7. The van der Waals surface area contributed by atoms with Crippen molar-refractivity contribution in [2.75, 3.05) is 20.1 Å². The molecule has 2 aliphatic rings. The van der Waals surface area contributed by atoms with Gasteiger partial charge in [0, 0.05) is 38.3 Å². The SMILES string of the molecule is CN[C@@H](C)C(=O)N[C@@H](CC#CC#CC[C@H](NC(=O)C(C)C)C(=O)N1CCC[C@H]1C(=O)NC(C)c1ccccc1)C(=O)N1CCC[C@H]1C(=O)CC(C)c1ccccc1. The third kappa shape index (κ3) is 12.5. The average Bonchev–Trinajstić information content (AvgIpc) is 3.92. The second-order valence-corrected chi connectivity index (χ2v) is 15.3. The van der Waals surface area contributed by atoms with E-state index >= 15 is 0 Å². The number of amides is 5. The van der Waals surface area contributed by atoms with E-state index in [1.54, 1.807) is 32.7 Å². The minimum absolute atomic E-state index is 0.00807. The summed E-state index contributed by atoms with van der Waals surface area (Å²) in [5, 5.41) is 11.5. The molecule has 4 N–H and O–H groups in total. The molecular formula is C45H58N6O6. The third-order valence-corrected chi connectivity index (χ3v) is 10.7. The number of ketones is 1. The van der Waals surface area contributed by atoms with Crippen molar-refractivity contribution >= 4 is 35.3 Å². The Hall–Kier alpha value is -5.46. The number of carbonyl (C=O) groups is 6. The maximum absolute atomic E-state index is 14.0. The summed E-state index contributed by atoms with van der Waals surface area (Å²) in [6.45, 7) is 9.80. The molecule has 2 saturated heterocycles. The molecule has 5 amide bonds. The standard InChI is InChI=1S/C45H58N6O6/c1-30(2)41(53)48-36(45(57)51-28-18-26-39(51)43(55)47-32(4)35-21-13-10-14-22-35)23-15-7-8-16-24-37(49-42(54)33(5)46-6)44(56)50-27-17-25-38(50)40(52)29-31(3)34-19-11-9-12-20-34/h9-14,19-22,30-33,36-39,46H,17-18,23-29H2,1-6H3,(H,47,55)(H,48,53)(H,49,54)/t31?,32?,33-,36-,37-,38-,39-/m0/s1. The zero-order valence-electron chi connectivity index (χ0n) is 34.1. The van der Waals surface area contributed by atoms with Crippen molar-refractivity contribution in [2.45, 2.75) is 122 Å². The number of likely N-dealkylation sites (N-methyl/N-ethyl adjacent to an activating group) is 1. The van der Waals surface area contributed by atoms with E-state index in [1.165, 1.54) is 4.90 Å². The molecule has 2 unspecified atom stereocenters. The van der Waals surface area contributed by atoms with Gasteiger partial charge in [0.05, 0.1) is 18.1 Å². The quantitative estimate of drug-likeness (QED) is 0.190. The minimum atomic E-state index is -1.01. The minimum Gasteiger partial charge on any atom is -0.348 e. The molecule has 12 nitrogen and oxygen atoms in total. The Bertz CT molecular complexity index is 1840. The van der Waals surface area contributed by atoms with E-state index in [0.29, 0.717) is 45.2 Å². The van der Waals surface area contributed by atoms with E-state index in [2.05, 4.69) is 44.9 Å². The van der Waals surface area contributed by atoms with Crippen molar-refractivity contribution in [2.24, 2.45) is 5.92 Å². The second kappa shape index (κ2) is 21.7. The van der Waals surface area contributed by atoms with E-state index in [0.717, 1.165) is 11.1 Å². The Morgan fingerprint density at radius 2 is 1.16 bits per heavy atom. The molecule has 4 rings (SSSR count). The van der Waals surface area contributed by atoms with Gasteiger partial charge >= 0.3 is 0 Å². The van der Waals surface area contributed by atoms with E-state index in [9.17, 15) is 28.8 Å². The van der Waals surface area contributed by atoms with E-state index < -0.39 is 36.1 Å². The number of Topliss-reactive ketones (excluding diaryl/α,β-unsaturated/α-hetero) is 1. The molecule has 304 valence electrons. The molecule has 2 aromatic carbocycles. The van der Waals surface area contributed by atoms with Gasteiger partial charge in [-0.3, -0.25) is 28.8 Å². The molecule has 2 heterocycles. The highest BCUT2D eigenvalue weighted by Gasteiger charge is 2.39. The highest BCUT2D eigenvalue weighted by Crippen LogP contribution is 2.26. The summed E-state index contributed by atoms with van der Waals surface area (Å²) >= 11 is 0. The highest BCUT2D eigenvalue weighted by atomic mass is 16.2. The summed E-state index contributed by atoms with van der Waals surface area (Å²) in [6.07, 6.45) is 2.58. The summed E-state index contributed by atoms with van der Waals surface area (Å²) in [5.74, 6) is 9.14. The molecule has 2 fully saturated rings. The molecule has 0 aromatic heterocycles. The lowest BCUT2D eigenvalue weighted by molar-refractivity contribution is -0.141. The summed E-state index contributed by atoms with van der Waals surface area (Å²) in [4.78, 5) is 83.5. The first kappa shape index (κ1) is 44.3. The first-order chi connectivity index (χ1) is 27.3. The zero-order valence-corrected chi connectivity index (χ0v) is 34.1. The zero-order chi connectivity index (χ0) is 41.5. The molecule has 2 aliphatic heterocycles. The number of benzene rings is 2. The summed E-state index contributed by atoms with van der Waals surface area (Å²) in [6, 6.07) is 15.3. The van der Waals surface area contributed by atoms with Crippen LogP contribution in [0, 0.1) is 29.6 Å². The van der Waals surface area contributed by atoms with Crippen molar-refractivity contribution in [3.8, 4) is 23.7 Å². The van der Waals surface area contributed by atoms with Crippen LogP contribution in [0.5, 0.6) is 0 Å². The normalized spacial score (nSPS) is 18.8. The molecule has 7 atom stereocenters. The van der Waals surface area contributed by atoms with Gasteiger partial charge in [-0.1, -0.05) is 93.3 Å². The number of rotatable bonds is 16. The topological polar surface area (TPSA) is 157 Å². The van der Waals surface area contributed by atoms with Gasteiger partial charge in [-0.2, -0.15) is 0 Å². The molecule has 0 aliphatic carbocycles. The Labute approximate surface area is 337 Å². The van der Waals surface area contributed by atoms with Crippen LogP contribution in [-0.2, 0) is 28.8 Å². The van der Waals surface area contributed by atoms with Gasteiger partial charge in [-0.05, 0) is 75.5 Å². The first-order valence-corrected chi connectivity index (χ1v) is 20.1. The lowest BCUT2D eigenvalue weighted by atomic mass is 9.92. The van der Waals surface area contributed by atoms with E-state index in [1.807, 2.05) is 74.5 Å². The Morgan fingerprint density at radius 1 is 0.667 bits per heavy atom. The lowest BCUT2D eigenvalue weighted by Gasteiger charge is -2.29. The van der Waals surface area contributed by atoms with Crippen LogP contribution < -0.4 is 21.3 Å². The fourth-order valence-corrected chi connectivity index (χ4v) is 7.10. The van der Waals surface area contributed by atoms with Gasteiger partial charge in [-0.15, -0.1) is 0 Å². The molecule has 0 radical (unpaired) electrons. The van der Waals surface area contributed by atoms with Crippen LogP contribution in [0.2, 0.25) is 0 Å². The average molecular weight is 779 g/mol. The van der Waals surface area contributed by atoms with Gasteiger partial charge in [0.1, 0.15) is 18.1 Å². The van der Waals surface area contributed by atoms with Crippen molar-refractivity contribution in [3.05, 3.63) is 71.8 Å². The number of hydrogen-bond donors (Lipinski definition) is 4. The first-order valence-electron chi connectivity index (χ1n) is 20.1. The number of likely N-dealkylation sites (tertiary alicyclic amines) is 2. The molecular weight excluding hydrogens is 721 g/mol. The third-order valence-electron chi connectivity index (χ3n) is 10.7. The summed E-state index contributed by atoms with van der Waals surface area (Å²) < 4.78 is 0. The Morgan fingerprint density at radius 3 is 1.68 bits per heavy atom. The largest absolute Gasteiger partial charge is 0.348 e. The van der Waals surface area contributed by atoms with Gasteiger partial charge < -0.3 is 31.1 Å². The van der Waals surface area contributed by atoms with Crippen LogP contribution in [0.3, 0.4) is 0 Å². The monoisotopic (exact) mass is 778 g/mol. The maximum atomic E-state index is 14.0. The fourth-order valence-electron chi connectivity index (χ4n) is 7.10. The van der Waals surface area contributed by atoms with Gasteiger partial charge in [-0.25, -0.2) is 0 Å². The number of carbonyl (C=O) groups excluding carboxylic acids is 6. The van der Waals surface area contributed by atoms with Crippen molar-refractivity contribution < 1.29 is 28.8 Å². The predicted molar refractivity (Wildman–Crippen MR) is 219 cm³/mol. The fraction of sp³-hybridized carbons (Fsp3) is 0.511. The van der Waals surface area contributed by atoms with Gasteiger partial charge in [0.15, 0.2) is 5.78 Å². The smallest absolute Gasteiger partial charge is 0.246 e. The van der Waals surface area contributed by atoms with Crippen molar-refractivity contribution in [1.29, 1.82) is 0 Å². The Kier molecular flexibility index (Phi) is 16.9. The van der Waals surface area contributed by atoms with Gasteiger partial charge in [0.2, 0.25) is 29.5 Å². The van der Waals surface area contributed by atoms with E-state index in [4.69, 9.17) is 0 Å². The van der Waals surface area contributed by atoms with Crippen LogP contribution in [0.25, 0.3) is 0 Å². The van der Waals surface area contributed by atoms with Crippen LogP contribution in [-0.4, -0.2) is 95.5 Å². The van der Waals surface area contributed by atoms with Crippen molar-refractivity contribution in [1.82, 2.24) is 31.1 Å². The van der Waals surface area contributed by atoms with Gasteiger partial charge in [0.25, 0.3) is 0 Å². The molecule has 57 heavy (non-hydrogen) atoms. The van der Waals surface area contributed by atoms with Crippen LogP contribution in [0.15, 0.2) is 60.7 Å². The molecule has 0 saturated carbocycles. The van der Waals surface area contributed by atoms with Crippen LogP contribution >= 0.6 is 0 Å². The van der Waals surface area contributed by atoms with Crippen molar-refractivity contribution in [3.63, 3.8) is 0 Å². The molecule has 12 heteroatoms. The molecule has 0 spiro atoms. The lowest BCUT2D eigenvalue weighted by Crippen LogP contribution is -2.54. The van der Waals surface area contributed by atoms with E-state index in [-0.39, 0.29) is 60.1 Å². The van der Waals surface area contributed by atoms with Crippen LogP contribution in [0.1, 0.15) is 103 Å². The molecule has 2 aromatic rings. The highest BCUT2D eigenvalue weighted by molar-refractivity contribution is 5.95. The molecule has 0 bridgehead atoms. The number of nitrogens with one attached hydrogen (secondary N) is 4. The Balaban J connectivity index is 1.44. The van der Waals surface area contributed by atoms with Crippen LogP contribution in [0.4, 0.5) is 0 Å². The number of nitrogens with zero attached hydrogens (tertiary/aromatic N) is 2. The predicted octanol–water partition coefficient (Wildman–Crippen LogP) is 3.63. The second-order valence-electron chi connectivity index (χ2n) is 15.3. The summed E-state index contributed by atoms with van der Waals surface area (Å²) in [5.41, 5.74) is 2.00. The maximum Gasteiger partial charge on any atom is 0.246 e.